The monoisotopic (exact) mass is 274 g/mol. The van der Waals surface area contributed by atoms with Crippen LogP contribution in [0.4, 0.5) is 0 Å². The number of nitrogens with two attached hydrogens (primary N) is 1. The van der Waals surface area contributed by atoms with Crippen molar-refractivity contribution in [2.24, 2.45) is 5.73 Å². The normalized spacial score (nSPS) is 12.2. The number of hydrogen-bond donors (Lipinski definition) is 1. The Bertz CT molecular complexity index is 376. The Morgan fingerprint density at radius 3 is 3.12 bits per heavy atom. The molecule has 0 fully saturated rings. The fraction of sp³-hybridized carbons (Fsp3) is 0.455. The van der Waals surface area contributed by atoms with E-state index in [0.717, 1.165) is 17.1 Å². The number of esters is 1. The summed E-state index contributed by atoms with van der Waals surface area (Å²) in [5.74, 6) is 1.17. The predicted octanol–water partition coefficient (Wildman–Crippen LogP) is 1.86. The third-order valence-corrected chi connectivity index (χ3v) is 3.55. The van der Waals surface area contributed by atoms with Crippen LogP contribution < -0.4 is 5.73 Å². The lowest BCUT2D eigenvalue weighted by atomic mass is 10.2. The molecule has 0 saturated carbocycles. The highest BCUT2D eigenvalue weighted by molar-refractivity contribution is 7.98. The lowest BCUT2D eigenvalue weighted by Gasteiger charge is -2.08. The summed E-state index contributed by atoms with van der Waals surface area (Å²) in [6, 6.07) is 3.24. The van der Waals surface area contributed by atoms with Gasteiger partial charge in [-0.3, -0.25) is 4.79 Å². The number of hydrogen-bond acceptors (Lipinski definition) is 5. The van der Waals surface area contributed by atoms with Crippen LogP contribution >= 0.6 is 23.4 Å². The van der Waals surface area contributed by atoms with Gasteiger partial charge >= 0.3 is 5.97 Å². The van der Waals surface area contributed by atoms with Gasteiger partial charge in [0.15, 0.2) is 0 Å². The van der Waals surface area contributed by atoms with Gasteiger partial charge in [-0.1, -0.05) is 17.7 Å². The second-order valence-electron chi connectivity index (χ2n) is 3.42. The first kappa shape index (κ1) is 14.3. The minimum atomic E-state index is -0.545. The number of aromatic nitrogens is 1. The van der Waals surface area contributed by atoms with Gasteiger partial charge < -0.3 is 10.5 Å². The molecule has 0 bridgehead atoms. The molecule has 0 aromatic carbocycles. The molecule has 17 heavy (non-hydrogen) atoms. The molecule has 1 rings (SSSR count). The van der Waals surface area contributed by atoms with Crippen molar-refractivity contribution in [3.63, 3.8) is 0 Å². The van der Waals surface area contributed by atoms with E-state index < -0.39 is 6.04 Å². The zero-order chi connectivity index (χ0) is 12.7. The van der Waals surface area contributed by atoms with Crippen LogP contribution in [0.5, 0.6) is 0 Å². The largest absolute Gasteiger partial charge is 0.468 e. The summed E-state index contributed by atoms with van der Waals surface area (Å²) in [4.78, 5) is 15.0. The van der Waals surface area contributed by atoms with Crippen LogP contribution in [-0.4, -0.2) is 29.9 Å². The third-order valence-electron chi connectivity index (χ3n) is 2.17. The van der Waals surface area contributed by atoms with Crippen LogP contribution in [0, 0.1) is 0 Å². The average Bonchev–Trinajstić information content (AvgIpc) is 2.35. The van der Waals surface area contributed by atoms with E-state index in [9.17, 15) is 4.79 Å². The molecule has 0 aliphatic heterocycles. The van der Waals surface area contributed by atoms with Crippen molar-refractivity contribution in [1.29, 1.82) is 0 Å². The Hall–Kier alpha value is -0.780. The Kier molecular flexibility index (Phi) is 6.32. The number of carbonyl (C=O) groups is 1. The molecule has 1 heterocycles. The molecular formula is C11H15ClN2O2S. The van der Waals surface area contributed by atoms with E-state index in [0.29, 0.717) is 11.6 Å². The number of pyridine rings is 1. The summed E-state index contributed by atoms with van der Waals surface area (Å²) in [5, 5.41) is 0.525. The van der Waals surface area contributed by atoms with Gasteiger partial charge in [0.2, 0.25) is 0 Å². The van der Waals surface area contributed by atoms with E-state index in [-0.39, 0.29) is 5.97 Å². The van der Waals surface area contributed by atoms with Crippen molar-refractivity contribution in [2.75, 3.05) is 12.9 Å². The topological polar surface area (TPSA) is 65.2 Å². The average molecular weight is 275 g/mol. The van der Waals surface area contributed by atoms with Crippen LogP contribution in [0.1, 0.15) is 12.0 Å². The number of ether oxygens (including phenoxy) is 1. The Morgan fingerprint density at radius 1 is 1.71 bits per heavy atom. The SMILES string of the molecule is COC(=O)C(N)CCSCc1cccnc1Cl. The lowest BCUT2D eigenvalue weighted by Crippen LogP contribution is -2.31. The molecule has 6 heteroatoms. The number of nitrogens with zero attached hydrogens (tertiary/aromatic N) is 1. The molecule has 0 saturated heterocycles. The Labute approximate surface area is 110 Å². The summed E-state index contributed by atoms with van der Waals surface area (Å²) in [6.45, 7) is 0. The number of carbonyl (C=O) groups excluding carboxylic acids is 1. The predicted molar refractivity (Wildman–Crippen MR) is 70.0 cm³/mol. The molecule has 1 aromatic rings. The van der Waals surface area contributed by atoms with E-state index >= 15 is 0 Å². The fourth-order valence-electron chi connectivity index (χ4n) is 1.19. The van der Waals surface area contributed by atoms with Gasteiger partial charge in [-0.25, -0.2) is 4.98 Å². The Balaban J connectivity index is 2.25. The second-order valence-corrected chi connectivity index (χ2v) is 4.89. The number of rotatable bonds is 6. The van der Waals surface area contributed by atoms with Gasteiger partial charge in [-0.2, -0.15) is 11.8 Å². The molecule has 0 aliphatic rings. The van der Waals surface area contributed by atoms with Gasteiger partial charge in [0, 0.05) is 11.9 Å². The van der Waals surface area contributed by atoms with Gasteiger partial charge in [-0.05, 0) is 23.8 Å². The second kappa shape index (κ2) is 7.53. The number of halogens is 1. The van der Waals surface area contributed by atoms with Crippen molar-refractivity contribution in [2.45, 2.75) is 18.2 Å². The summed E-state index contributed by atoms with van der Waals surface area (Å²) >= 11 is 7.58. The molecule has 1 unspecified atom stereocenters. The van der Waals surface area contributed by atoms with Crippen LogP contribution in [0.3, 0.4) is 0 Å². The highest BCUT2D eigenvalue weighted by atomic mass is 35.5. The minimum absolute atomic E-state index is 0.370. The molecule has 0 amide bonds. The quantitative estimate of drug-likeness (QED) is 0.487. The fourth-order valence-corrected chi connectivity index (χ4v) is 2.47. The maximum atomic E-state index is 11.0. The summed E-state index contributed by atoms with van der Waals surface area (Å²) in [7, 11) is 1.34. The minimum Gasteiger partial charge on any atom is -0.468 e. The zero-order valence-corrected chi connectivity index (χ0v) is 11.1. The lowest BCUT2D eigenvalue weighted by molar-refractivity contribution is -0.142. The first-order valence-electron chi connectivity index (χ1n) is 5.15. The molecule has 94 valence electrons. The standard InChI is InChI=1S/C11H15ClN2O2S/c1-16-11(15)9(13)4-6-17-7-8-3-2-5-14-10(8)12/h2-3,5,9H,4,6-7,13H2,1H3. The van der Waals surface area contributed by atoms with Crippen LogP contribution in [0.15, 0.2) is 18.3 Å². The van der Waals surface area contributed by atoms with Crippen molar-refractivity contribution < 1.29 is 9.53 Å². The van der Waals surface area contributed by atoms with Gasteiger partial charge in [-0.15, -0.1) is 0 Å². The first-order chi connectivity index (χ1) is 8.15. The van der Waals surface area contributed by atoms with E-state index in [1.807, 2.05) is 12.1 Å². The van der Waals surface area contributed by atoms with Gasteiger partial charge in [0.05, 0.1) is 7.11 Å². The van der Waals surface area contributed by atoms with E-state index in [1.54, 1.807) is 18.0 Å². The first-order valence-corrected chi connectivity index (χ1v) is 6.69. The summed E-state index contributed by atoms with van der Waals surface area (Å²) < 4.78 is 4.54. The zero-order valence-electron chi connectivity index (χ0n) is 9.56. The molecule has 4 nitrogen and oxygen atoms in total. The van der Waals surface area contributed by atoms with Gasteiger partial charge in [0.25, 0.3) is 0 Å². The molecule has 1 atom stereocenters. The highest BCUT2D eigenvalue weighted by Gasteiger charge is 2.12. The highest BCUT2D eigenvalue weighted by Crippen LogP contribution is 2.19. The van der Waals surface area contributed by atoms with Crippen molar-refractivity contribution in [3.05, 3.63) is 29.0 Å². The van der Waals surface area contributed by atoms with E-state index in [2.05, 4.69) is 9.72 Å². The van der Waals surface area contributed by atoms with Gasteiger partial charge in [0.1, 0.15) is 11.2 Å². The molecular weight excluding hydrogens is 260 g/mol. The smallest absolute Gasteiger partial charge is 0.322 e. The summed E-state index contributed by atoms with van der Waals surface area (Å²) in [6.07, 6.45) is 2.25. The molecule has 0 spiro atoms. The maximum Gasteiger partial charge on any atom is 0.322 e. The Morgan fingerprint density at radius 2 is 2.47 bits per heavy atom. The van der Waals surface area contributed by atoms with E-state index in [4.69, 9.17) is 17.3 Å². The van der Waals surface area contributed by atoms with Crippen LogP contribution in [0.25, 0.3) is 0 Å². The van der Waals surface area contributed by atoms with Crippen LogP contribution in [0.2, 0.25) is 5.15 Å². The number of methoxy groups -OCH3 is 1. The van der Waals surface area contributed by atoms with Crippen molar-refractivity contribution in [3.8, 4) is 0 Å². The molecule has 0 radical (unpaired) electrons. The molecule has 0 aliphatic carbocycles. The van der Waals surface area contributed by atoms with Crippen LogP contribution in [-0.2, 0) is 15.3 Å². The van der Waals surface area contributed by atoms with Crippen molar-refractivity contribution in [1.82, 2.24) is 4.98 Å². The molecule has 1 aromatic heterocycles. The maximum absolute atomic E-state index is 11.0. The molecule has 2 N–H and O–H groups in total. The summed E-state index contributed by atoms with van der Waals surface area (Å²) in [5.41, 5.74) is 6.60. The number of thioether (sulfide) groups is 1. The van der Waals surface area contributed by atoms with Crippen molar-refractivity contribution >= 4 is 29.3 Å². The van der Waals surface area contributed by atoms with E-state index in [1.165, 1.54) is 7.11 Å². The third kappa shape index (κ3) is 4.93.